The van der Waals surface area contributed by atoms with E-state index in [4.69, 9.17) is 10.00 Å². The second kappa shape index (κ2) is 7.06. The van der Waals surface area contributed by atoms with Gasteiger partial charge >= 0.3 is 5.97 Å². The number of nitriles is 1. The van der Waals surface area contributed by atoms with Gasteiger partial charge in [-0.15, -0.1) is 0 Å². The lowest BCUT2D eigenvalue weighted by atomic mass is 10.0. The van der Waals surface area contributed by atoms with Crippen molar-refractivity contribution in [2.24, 2.45) is 0 Å². The van der Waals surface area contributed by atoms with Gasteiger partial charge in [0.25, 0.3) is 0 Å². The van der Waals surface area contributed by atoms with Gasteiger partial charge in [0.05, 0.1) is 23.3 Å². The van der Waals surface area contributed by atoms with E-state index in [1.165, 1.54) is 24.3 Å². The molecular weight excluding hydrogens is 278 g/mol. The van der Waals surface area contributed by atoms with Crippen molar-refractivity contribution in [1.29, 1.82) is 5.26 Å². The summed E-state index contributed by atoms with van der Waals surface area (Å²) in [5.41, 5.74) is 0.432. The van der Waals surface area contributed by atoms with Gasteiger partial charge in [-0.25, -0.2) is 8.42 Å². The molecule has 0 aromatic heterocycles. The Balaban J connectivity index is 3.02. The highest BCUT2D eigenvalue weighted by Gasteiger charge is 2.22. The molecule has 0 saturated heterocycles. The SMILES string of the molecule is CCCS(=O)(=O)c1ccc(C(C#N)C(=O)OCC)cc1. The summed E-state index contributed by atoms with van der Waals surface area (Å²) in [5.74, 6) is -1.58. The number of carbonyl (C=O) groups excluding carboxylic acids is 1. The maximum absolute atomic E-state index is 11.9. The third kappa shape index (κ3) is 3.81. The molecule has 0 saturated carbocycles. The van der Waals surface area contributed by atoms with Crippen LogP contribution in [0.15, 0.2) is 29.2 Å². The van der Waals surface area contributed by atoms with E-state index >= 15 is 0 Å². The van der Waals surface area contributed by atoms with Crippen molar-refractivity contribution in [1.82, 2.24) is 0 Å². The Bertz CT molecular complexity index is 599. The first kappa shape index (κ1) is 16.2. The Morgan fingerprint density at radius 1 is 1.30 bits per heavy atom. The number of esters is 1. The predicted octanol–water partition coefficient (Wildman–Crippen LogP) is 2.04. The number of rotatable bonds is 6. The molecule has 5 nitrogen and oxygen atoms in total. The smallest absolute Gasteiger partial charge is 0.327 e. The molecule has 0 aliphatic heterocycles. The van der Waals surface area contributed by atoms with E-state index < -0.39 is 21.7 Å². The Morgan fingerprint density at radius 2 is 1.90 bits per heavy atom. The lowest BCUT2D eigenvalue weighted by molar-refractivity contribution is -0.143. The number of hydrogen-bond donors (Lipinski definition) is 0. The van der Waals surface area contributed by atoms with Crippen LogP contribution in [0.4, 0.5) is 0 Å². The fraction of sp³-hybridized carbons (Fsp3) is 0.429. The second-order valence-corrected chi connectivity index (χ2v) is 6.31. The number of carbonyl (C=O) groups is 1. The van der Waals surface area contributed by atoms with E-state index in [0.717, 1.165) is 0 Å². The van der Waals surface area contributed by atoms with E-state index in [1.54, 1.807) is 13.8 Å². The molecule has 0 fully saturated rings. The number of hydrogen-bond acceptors (Lipinski definition) is 5. The van der Waals surface area contributed by atoms with Crippen molar-refractivity contribution >= 4 is 15.8 Å². The Morgan fingerprint density at radius 3 is 2.35 bits per heavy atom. The summed E-state index contributed by atoms with van der Waals surface area (Å²) in [6.07, 6.45) is 0.535. The summed E-state index contributed by atoms with van der Waals surface area (Å²) in [6, 6.07) is 7.66. The maximum atomic E-state index is 11.9. The highest BCUT2D eigenvalue weighted by molar-refractivity contribution is 7.91. The van der Waals surface area contributed by atoms with Gasteiger partial charge in [-0.2, -0.15) is 5.26 Å². The first-order valence-electron chi connectivity index (χ1n) is 6.35. The molecule has 0 heterocycles. The summed E-state index contributed by atoms with van der Waals surface area (Å²) in [4.78, 5) is 11.8. The van der Waals surface area contributed by atoms with Crippen LogP contribution in [0.3, 0.4) is 0 Å². The van der Waals surface area contributed by atoms with Crippen LogP contribution in [0.2, 0.25) is 0 Å². The van der Waals surface area contributed by atoms with Crippen LogP contribution in [0.25, 0.3) is 0 Å². The average Bonchev–Trinajstić information content (AvgIpc) is 2.40. The minimum absolute atomic E-state index is 0.0753. The van der Waals surface area contributed by atoms with Gasteiger partial charge < -0.3 is 4.74 Å². The molecular formula is C14H17NO4S. The van der Waals surface area contributed by atoms with Gasteiger partial charge in [0.15, 0.2) is 15.8 Å². The monoisotopic (exact) mass is 295 g/mol. The lowest BCUT2D eigenvalue weighted by Crippen LogP contribution is -2.14. The molecule has 0 bridgehead atoms. The first-order valence-corrected chi connectivity index (χ1v) is 8.00. The van der Waals surface area contributed by atoms with E-state index in [-0.39, 0.29) is 17.3 Å². The molecule has 1 rings (SSSR count). The molecule has 0 aliphatic rings. The fourth-order valence-electron chi connectivity index (χ4n) is 1.74. The van der Waals surface area contributed by atoms with E-state index in [2.05, 4.69) is 0 Å². The molecule has 0 radical (unpaired) electrons. The summed E-state index contributed by atoms with van der Waals surface area (Å²) in [6.45, 7) is 3.64. The Kier molecular flexibility index (Phi) is 5.71. The zero-order valence-corrected chi connectivity index (χ0v) is 12.3. The van der Waals surface area contributed by atoms with Crippen molar-refractivity contribution in [3.05, 3.63) is 29.8 Å². The highest BCUT2D eigenvalue weighted by atomic mass is 32.2. The second-order valence-electron chi connectivity index (χ2n) is 4.20. The first-order chi connectivity index (χ1) is 9.46. The van der Waals surface area contributed by atoms with Gasteiger partial charge in [0.1, 0.15) is 0 Å². The zero-order valence-electron chi connectivity index (χ0n) is 11.5. The number of benzene rings is 1. The van der Waals surface area contributed by atoms with Crippen molar-refractivity contribution in [3.8, 4) is 6.07 Å². The summed E-state index contributed by atoms with van der Waals surface area (Å²) in [5, 5.41) is 9.02. The van der Waals surface area contributed by atoms with Crippen LogP contribution in [0, 0.1) is 11.3 Å². The summed E-state index contributed by atoms with van der Waals surface area (Å²) < 4.78 is 28.5. The fourth-order valence-corrected chi connectivity index (χ4v) is 3.07. The minimum atomic E-state index is -3.29. The van der Waals surface area contributed by atoms with Gasteiger partial charge in [0.2, 0.25) is 0 Å². The molecule has 6 heteroatoms. The van der Waals surface area contributed by atoms with Crippen molar-refractivity contribution in [3.63, 3.8) is 0 Å². The van der Waals surface area contributed by atoms with Crippen LogP contribution in [0.1, 0.15) is 31.7 Å². The molecule has 0 amide bonds. The number of nitrogens with zero attached hydrogens (tertiary/aromatic N) is 1. The lowest BCUT2D eigenvalue weighted by Gasteiger charge is -2.09. The van der Waals surface area contributed by atoms with Crippen molar-refractivity contribution in [2.75, 3.05) is 12.4 Å². The van der Waals surface area contributed by atoms with E-state index in [1.807, 2.05) is 6.07 Å². The summed E-state index contributed by atoms with van der Waals surface area (Å²) >= 11 is 0. The maximum Gasteiger partial charge on any atom is 0.327 e. The molecule has 1 aromatic carbocycles. The number of ether oxygens (including phenoxy) is 1. The normalized spacial score (nSPS) is 12.4. The molecule has 108 valence electrons. The van der Waals surface area contributed by atoms with Gasteiger partial charge in [0, 0.05) is 0 Å². The van der Waals surface area contributed by atoms with Crippen molar-refractivity contribution in [2.45, 2.75) is 31.1 Å². The van der Waals surface area contributed by atoms with Crippen LogP contribution < -0.4 is 0 Å². The Hall–Kier alpha value is -1.87. The highest BCUT2D eigenvalue weighted by Crippen LogP contribution is 2.20. The topological polar surface area (TPSA) is 84.2 Å². The van der Waals surface area contributed by atoms with Crippen LogP contribution in [0.5, 0.6) is 0 Å². The molecule has 0 spiro atoms. The van der Waals surface area contributed by atoms with E-state index in [0.29, 0.717) is 12.0 Å². The number of sulfone groups is 1. The third-order valence-electron chi connectivity index (χ3n) is 2.70. The van der Waals surface area contributed by atoms with E-state index in [9.17, 15) is 13.2 Å². The standard InChI is InChI=1S/C14H17NO4S/c1-3-9-20(17,18)12-7-5-11(6-8-12)13(10-15)14(16)19-4-2/h5-8,13H,3-4,9H2,1-2H3. The molecule has 20 heavy (non-hydrogen) atoms. The Labute approximate surface area is 119 Å². The third-order valence-corrected chi connectivity index (χ3v) is 4.63. The van der Waals surface area contributed by atoms with Gasteiger partial charge in [-0.1, -0.05) is 19.1 Å². The molecule has 1 unspecified atom stereocenters. The van der Waals surface area contributed by atoms with Crippen LogP contribution in [-0.2, 0) is 19.4 Å². The molecule has 0 N–H and O–H groups in total. The van der Waals surface area contributed by atoms with Gasteiger partial charge in [-0.05, 0) is 31.0 Å². The van der Waals surface area contributed by atoms with Crippen molar-refractivity contribution < 1.29 is 17.9 Å². The predicted molar refractivity (Wildman–Crippen MR) is 73.8 cm³/mol. The van der Waals surface area contributed by atoms with Gasteiger partial charge in [-0.3, -0.25) is 4.79 Å². The van der Waals surface area contributed by atoms with Crippen LogP contribution in [-0.4, -0.2) is 26.7 Å². The quantitative estimate of drug-likeness (QED) is 0.750. The zero-order chi connectivity index (χ0) is 15.2. The molecule has 0 aliphatic carbocycles. The minimum Gasteiger partial charge on any atom is -0.465 e. The largest absolute Gasteiger partial charge is 0.465 e. The summed E-state index contributed by atoms with van der Waals surface area (Å²) in [7, 11) is -3.29. The molecule has 1 atom stereocenters. The average molecular weight is 295 g/mol. The molecule has 1 aromatic rings. The van der Waals surface area contributed by atoms with Crippen LogP contribution >= 0.6 is 0 Å².